The summed E-state index contributed by atoms with van der Waals surface area (Å²) >= 11 is 12.4. The van der Waals surface area contributed by atoms with E-state index in [1.165, 1.54) is 25.1 Å². The molecule has 3 N–H and O–H groups in total. The molecule has 0 radical (unpaired) electrons. The maximum absolute atomic E-state index is 11.9. The number of carbonyl (C=O) groups excluding carboxylic acids is 2. The minimum atomic E-state index is -3.05. The molecule has 13 heteroatoms. The van der Waals surface area contributed by atoms with Gasteiger partial charge in [0.05, 0.1) is 34.2 Å². The van der Waals surface area contributed by atoms with Gasteiger partial charge in [0.25, 0.3) is 5.91 Å². The SMILES string of the molecule is [2H]C([2H])([2H])C(c1nc(Oc2c(Cl)cc(N/N=C(\C#N)C(=O)NC(=O)OCC)cc2Cl)ncc1O)C([2H])([2H])[2H]. The van der Waals surface area contributed by atoms with Gasteiger partial charge < -0.3 is 14.6 Å². The Hall–Kier alpha value is -3.62. The molecule has 11 nitrogen and oxygen atoms in total. The van der Waals surface area contributed by atoms with Crippen molar-refractivity contribution in [2.45, 2.75) is 26.5 Å². The molecule has 0 atom stereocenters. The molecule has 0 saturated heterocycles. The van der Waals surface area contributed by atoms with Crippen molar-refractivity contribution in [2.24, 2.45) is 5.10 Å². The summed E-state index contributed by atoms with van der Waals surface area (Å²) in [4.78, 5) is 30.7. The molecule has 1 aromatic carbocycles. The van der Waals surface area contributed by atoms with Gasteiger partial charge in [0.15, 0.2) is 11.5 Å². The van der Waals surface area contributed by atoms with Crippen LogP contribution in [0.5, 0.6) is 17.5 Å². The van der Waals surface area contributed by atoms with Crippen LogP contribution in [0.1, 0.15) is 40.5 Å². The van der Waals surface area contributed by atoms with Crippen LogP contribution in [0.3, 0.4) is 0 Å². The van der Waals surface area contributed by atoms with Crippen LogP contribution in [0, 0.1) is 11.3 Å². The molecule has 1 heterocycles. The van der Waals surface area contributed by atoms with E-state index in [-0.39, 0.29) is 28.1 Å². The van der Waals surface area contributed by atoms with Crippen LogP contribution < -0.4 is 15.5 Å². The minimum absolute atomic E-state index is 0.00218. The van der Waals surface area contributed by atoms with Crippen molar-refractivity contribution in [2.75, 3.05) is 12.0 Å². The number of imide groups is 1. The van der Waals surface area contributed by atoms with Gasteiger partial charge in [-0.15, -0.1) is 0 Å². The van der Waals surface area contributed by atoms with Crippen molar-refractivity contribution in [1.82, 2.24) is 15.3 Å². The Morgan fingerprint density at radius 3 is 2.66 bits per heavy atom. The van der Waals surface area contributed by atoms with E-state index in [4.69, 9.17) is 41.4 Å². The highest BCUT2D eigenvalue weighted by atomic mass is 35.5. The zero-order chi connectivity index (χ0) is 28.8. The van der Waals surface area contributed by atoms with Crippen molar-refractivity contribution in [1.29, 1.82) is 5.26 Å². The topological polar surface area (TPSA) is 159 Å². The summed E-state index contributed by atoms with van der Waals surface area (Å²) in [7, 11) is 0. The second-order valence-corrected chi connectivity index (χ2v) is 6.40. The molecule has 168 valence electrons. The van der Waals surface area contributed by atoms with Crippen molar-refractivity contribution in [3.63, 3.8) is 0 Å². The summed E-state index contributed by atoms with van der Waals surface area (Å²) in [6.45, 7) is -4.58. The molecule has 0 aliphatic heterocycles. The molecule has 2 amide bonds. The monoisotopic (exact) mass is 486 g/mol. The number of nitrogens with one attached hydrogen (secondary N) is 2. The number of hydrazone groups is 1. The van der Waals surface area contributed by atoms with E-state index in [0.29, 0.717) is 0 Å². The van der Waals surface area contributed by atoms with Gasteiger partial charge in [-0.3, -0.25) is 15.5 Å². The molecule has 0 spiro atoms. The largest absolute Gasteiger partial charge is 0.504 e. The van der Waals surface area contributed by atoms with Gasteiger partial charge in [-0.05, 0) is 25.0 Å². The quantitative estimate of drug-likeness (QED) is 0.388. The van der Waals surface area contributed by atoms with Gasteiger partial charge in [0.1, 0.15) is 6.07 Å². The Bertz CT molecular complexity index is 1260. The number of nitrogens with zero attached hydrogens (tertiary/aromatic N) is 4. The summed E-state index contributed by atoms with van der Waals surface area (Å²) < 4.78 is 55.3. The van der Waals surface area contributed by atoms with E-state index in [9.17, 15) is 14.7 Å². The second kappa shape index (κ2) is 11.1. The van der Waals surface area contributed by atoms with Gasteiger partial charge in [0, 0.05) is 8.22 Å². The number of carbonyl (C=O) groups is 2. The van der Waals surface area contributed by atoms with E-state index in [0.717, 1.165) is 6.20 Å². The first-order valence-electron chi connectivity index (χ1n) is 11.5. The zero-order valence-corrected chi connectivity index (χ0v) is 17.7. The fraction of sp³-hybridized carbons (Fsp3) is 0.263. The molecule has 0 aliphatic rings. The fourth-order valence-electron chi connectivity index (χ4n) is 2.01. The lowest BCUT2D eigenvalue weighted by Crippen LogP contribution is -2.36. The van der Waals surface area contributed by atoms with Crippen molar-refractivity contribution in [3.8, 4) is 23.6 Å². The van der Waals surface area contributed by atoms with Crippen molar-refractivity contribution in [3.05, 3.63) is 34.1 Å². The minimum Gasteiger partial charge on any atom is -0.504 e. The Labute approximate surface area is 201 Å². The first-order valence-corrected chi connectivity index (χ1v) is 9.28. The van der Waals surface area contributed by atoms with Crippen molar-refractivity contribution >= 4 is 46.6 Å². The molecular weight excluding hydrogens is 463 g/mol. The van der Waals surface area contributed by atoms with E-state index in [1.807, 2.05) is 0 Å². The van der Waals surface area contributed by atoms with Gasteiger partial charge in [-0.2, -0.15) is 20.3 Å². The molecule has 0 bridgehead atoms. The molecule has 0 fully saturated rings. The first kappa shape index (κ1) is 17.0. The molecule has 32 heavy (non-hydrogen) atoms. The maximum Gasteiger partial charge on any atom is 0.414 e. The molecule has 1 aromatic heterocycles. The number of rotatable bonds is 7. The van der Waals surface area contributed by atoms with E-state index in [2.05, 4.69) is 25.2 Å². The summed E-state index contributed by atoms with van der Waals surface area (Å²) in [5.74, 6) is -4.29. The number of hydrogen-bond donors (Lipinski definition) is 3. The third-order valence-corrected chi connectivity index (χ3v) is 3.91. The van der Waals surface area contributed by atoms with Gasteiger partial charge >= 0.3 is 12.1 Å². The number of anilines is 1. The molecule has 0 aliphatic carbocycles. The van der Waals surface area contributed by atoms with Crippen LogP contribution in [0.15, 0.2) is 23.4 Å². The molecule has 0 unspecified atom stereocenters. The van der Waals surface area contributed by atoms with Gasteiger partial charge in [0.2, 0.25) is 5.71 Å². The Morgan fingerprint density at radius 1 is 1.38 bits per heavy atom. The number of ether oxygens (including phenoxy) is 2. The lowest BCUT2D eigenvalue weighted by Gasteiger charge is -2.12. The lowest BCUT2D eigenvalue weighted by atomic mass is 10.1. The predicted molar refractivity (Wildman–Crippen MR) is 116 cm³/mol. The number of halogens is 2. The van der Waals surface area contributed by atoms with Crippen LogP contribution in [0.2, 0.25) is 10.0 Å². The smallest absolute Gasteiger partial charge is 0.414 e. The maximum atomic E-state index is 11.9. The first-order chi connectivity index (χ1) is 17.6. The summed E-state index contributed by atoms with van der Waals surface area (Å²) in [5, 5.41) is 24.2. The third kappa shape index (κ3) is 6.44. The molecule has 0 saturated carbocycles. The average molecular weight is 487 g/mol. The van der Waals surface area contributed by atoms with E-state index in [1.54, 1.807) is 5.32 Å². The normalized spacial score (nSPS) is 14.5. The summed E-state index contributed by atoms with van der Waals surface area (Å²) in [6, 6.07) is 3.34. The number of aromatic nitrogens is 2. The van der Waals surface area contributed by atoms with Crippen LogP contribution in [-0.4, -0.2) is 39.4 Å². The number of nitriles is 1. The second-order valence-electron chi connectivity index (χ2n) is 5.59. The number of hydrogen-bond acceptors (Lipinski definition) is 10. The molecule has 2 aromatic rings. The van der Waals surface area contributed by atoms with Gasteiger partial charge in [-0.1, -0.05) is 36.9 Å². The number of amides is 2. The average Bonchev–Trinajstić information content (AvgIpc) is 2.77. The highest BCUT2D eigenvalue weighted by Crippen LogP contribution is 2.38. The van der Waals surface area contributed by atoms with Crippen LogP contribution >= 0.6 is 23.2 Å². The number of aromatic hydroxyl groups is 1. The zero-order valence-electron chi connectivity index (χ0n) is 22.1. The highest BCUT2D eigenvalue weighted by Gasteiger charge is 2.17. The highest BCUT2D eigenvalue weighted by molar-refractivity contribution is 6.47. The Kier molecular flexibility index (Phi) is 5.91. The van der Waals surface area contributed by atoms with Crippen molar-refractivity contribution < 1.29 is 32.4 Å². The third-order valence-electron chi connectivity index (χ3n) is 3.35. The molecule has 2 rings (SSSR count). The van der Waals surface area contributed by atoms with Gasteiger partial charge in [-0.25, -0.2) is 4.79 Å². The van der Waals surface area contributed by atoms with Crippen LogP contribution in [0.25, 0.3) is 0 Å². The summed E-state index contributed by atoms with van der Waals surface area (Å²) in [5.41, 5.74) is 1.01. The lowest BCUT2D eigenvalue weighted by molar-refractivity contribution is -0.114. The molecular formula is C19H18Cl2N6O5. The number of benzene rings is 1. The standard InChI is InChI=1S/C19H18Cl2N6O5/c1-4-31-19(30)25-17(29)13(7-22)27-26-10-5-11(20)16(12(21)6-10)32-18-23-8-14(28)15(24-18)9(2)3/h5-6,8-9,26,28H,4H2,1-3H3,(H,25,29,30)/b27-13+/i2D3,3D3. The fourth-order valence-corrected chi connectivity index (χ4v) is 2.58. The van der Waals surface area contributed by atoms with E-state index >= 15 is 0 Å². The Morgan fingerprint density at radius 2 is 2.06 bits per heavy atom. The van der Waals surface area contributed by atoms with Crippen LogP contribution in [0.4, 0.5) is 10.5 Å². The predicted octanol–water partition coefficient (Wildman–Crippen LogP) is 3.97. The Balaban J connectivity index is 2.32. The van der Waals surface area contributed by atoms with E-state index < -0.39 is 54.8 Å². The summed E-state index contributed by atoms with van der Waals surface area (Å²) in [6.07, 6.45) is -0.309. The number of alkyl carbamates (subject to hydrolysis) is 1. The van der Waals surface area contributed by atoms with Crippen LogP contribution in [-0.2, 0) is 9.53 Å².